The lowest BCUT2D eigenvalue weighted by atomic mass is 9.95. The number of halogens is 2. The maximum atomic E-state index is 11.7. The van der Waals surface area contributed by atoms with Gasteiger partial charge in [-0.05, 0) is 12.1 Å². The number of rotatable bonds is 1. The zero-order valence-electron chi connectivity index (χ0n) is 9.27. The van der Waals surface area contributed by atoms with E-state index in [2.05, 4.69) is 5.32 Å². The quantitative estimate of drug-likeness (QED) is 0.758. The largest absolute Gasteiger partial charge is 0.505 e. The monoisotopic (exact) mass is 261 g/mol. The van der Waals surface area contributed by atoms with E-state index < -0.39 is 5.41 Å². The van der Waals surface area contributed by atoms with E-state index in [1.54, 1.807) is 20.8 Å². The molecule has 88 valence electrons. The van der Waals surface area contributed by atoms with Gasteiger partial charge in [-0.25, -0.2) is 0 Å². The molecule has 1 aromatic carbocycles. The third-order valence-corrected chi connectivity index (χ3v) is 2.53. The Bertz CT molecular complexity index is 401. The highest BCUT2D eigenvalue weighted by Crippen LogP contribution is 2.35. The first-order valence-electron chi connectivity index (χ1n) is 4.71. The smallest absolute Gasteiger partial charge is 0.229 e. The average molecular weight is 262 g/mol. The normalized spacial score (nSPS) is 11.3. The number of phenols is 1. The number of amides is 1. The zero-order chi connectivity index (χ0) is 12.5. The first-order valence-corrected chi connectivity index (χ1v) is 5.47. The molecule has 1 rings (SSSR count). The molecule has 0 aliphatic heterocycles. The Balaban J connectivity index is 2.96. The van der Waals surface area contributed by atoms with Crippen molar-refractivity contribution in [2.75, 3.05) is 5.32 Å². The van der Waals surface area contributed by atoms with Gasteiger partial charge in [-0.1, -0.05) is 44.0 Å². The van der Waals surface area contributed by atoms with E-state index >= 15 is 0 Å². The Morgan fingerprint density at radius 3 is 2.06 bits per heavy atom. The minimum atomic E-state index is -0.503. The Morgan fingerprint density at radius 1 is 1.25 bits per heavy atom. The molecule has 2 N–H and O–H groups in total. The van der Waals surface area contributed by atoms with Gasteiger partial charge >= 0.3 is 0 Å². The van der Waals surface area contributed by atoms with Gasteiger partial charge in [0.2, 0.25) is 5.91 Å². The Morgan fingerprint density at radius 2 is 1.69 bits per heavy atom. The van der Waals surface area contributed by atoms with Crippen LogP contribution in [-0.4, -0.2) is 11.0 Å². The second-order valence-electron chi connectivity index (χ2n) is 4.49. The highest BCUT2D eigenvalue weighted by atomic mass is 35.5. The van der Waals surface area contributed by atoms with E-state index in [-0.39, 0.29) is 21.7 Å². The van der Waals surface area contributed by atoms with Crippen molar-refractivity contribution < 1.29 is 9.90 Å². The summed E-state index contributed by atoms with van der Waals surface area (Å²) in [6.45, 7) is 5.39. The van der Waals surface area contributed by atoms with Crippen LogP contribution in [0.15, 0.2) is 12.1 Å². The minimum Gasteiger partial charge on any atom is -0.505 e. The van der Waals surface area contributed by atoms with Crippen molar-refractivity contribution in [2.45, 2.75) is 20.8 Å². The number of benzene rings is 1. The Labute approximate surface area is 104 Å². The topological polar surface area (TPSA) is 49.3 Å². The van der Waals surface area contributed by atoms with E-state index in [1.165, 1.54) is 12.1 Å². The first-order chi connectivity index (χ1) is 7.21. The van der Waals surface area contributed by atoms with Crippen LogP contribution in [0.25, 0.3) is 0 Å². The van der Waals surface area contributed by atoms with Crippen LogP contribution in [0, 0.1) is 5.41 Å². The fraction of sp³-hybridized carbons (Fsp3) is 0.364. The van der Waals surface area contributed by atoms with Crippen molar-refractivity contribution >= 4 is 34.8 Å². The summed E-state index contributed by atoms with van der Waals surface area (Å²) in [5.74, 6) is -0.331. The minimum absolute atomic E-state index is 0.108. The predicted molar refractivity (Wildman–Crippen MR) is 66.2 cm³/mol. The number of carbonyl (C=O) groups is 1. The van der Waals surface area contributed by atoms with Gasteiger partial charge in [0, 0.05) is 11.1 Å². The number of hydrogen-bond donors (Lipinski definition) is 2. The van der Waals surface area contributed by atoms with Crippen molar-refractivity contribution in [2.24, 2.45) is 5.41 Å². The van der Waals surface area contributed by atoms with Crippen LogP contribution in [0.1, 0.15) is 20.8 Å². The Hall–Kier alpha value is -0.930. The molecule has 0 atom stereocenters. The number of aromatic hydroxyl groups is 1. The third-order valence-electron chi connectivity index (χ3n) is 1.96. The van der Waals surface area contributed by atoms with E-state index in [0.717, 1.165) is 0 Å². The number of carbonyl (C=O) groups excluding carboxylic acids is 1. The molecule has 0 radical (unpaired) electrons. The van der Waals surface area contributed by atoms with Gasteiger partial charge in [0.25, 0.3) is 0 Å². The average Bonchev–Trinajstić information content (AvgIpc) is 2.12. The fourth-order valence-electron chi connectivity index (χ4n) is 0.956. The number of hydrogen-bond acceptors (Lipinski definition) is 2. The number of anilines is 1. The molecule has 0 aliphatic carbocycles. The van der Waals surface area contributed by atoms with Gasteiger partial charge in [-0.3, -0.25) is 4.79 Å². The van der Waals surface area contributed by atoms with Crippen LogP contribution in [0.4, 0.5) is 5.69 Å². The molecular weight excluding hydrogens is 249 g/mol. The summed E-state index contributed by atoms with van der Waals surface area (Å²) >= 11 is 11.5. The van der Waals surface area contributed by atoms with Crippen molar-refractivity contribution in [1.29, 1.82) is 0 Å². The highest BCUT2D eigenvalue weighted by Gasteiger charge is 2.21. The highest BCUT2D eigenvalue weighted by molar-refractivity contribution is 6.37. The summed E-state index contributed by atoms with van der Waals surface area (Å²) in [6, 6.07) is 2.90. The summed E-state index contributed by atoms with van der Waals surface area (Å²) in [7, 11) is 0. The molecule has 0 aliphatic rings. The standard InChI is InChI=1S/C11H13Cl2NO2/c1-11(2,3)10(16)14-6-4-7(12)9(15)8(13)5-6/h4-5,15H,1-3H3,(H,14,16). The molecule has 0 saturated carbocycles. The number of phenolic OH excluding ortho intramolecular Hbond substituents is 1. The van der Waals surface area contributed by atoms with Crippen molar-refractivity contribution in [1.82, 2.24) is 0 Å². The molecule has 0 unspecified atom stereocenters. The van der Waals surface area contributed by atoms with Gasteiger partial charge in [0.1, 0.15) is 0 Å². The Kier molecular flexibility index (Phi) is 3.71. The first kappa shape index (κ1) is 13.1. The van der Waals surface area contributed by atoms with Crippen LogP contribution >= 0.6 is 23.2 Å². The third kappa shape index (κ3) is 3.03. The van der Waals surface area contributed by atoms with Gasteiger partial charge in [0.15, 0.2) is 5.75 Å². The molecule has 3 nitrogen and oxygen atoms in total. The van der Waals surface area contributed by atoms with E-state index in [4.69, 9.17) is 23.2 Å². The van der Waals surface area contributed by atoms with Crippen LogP contribution in [-0.2, 0) is 4.79 Å². The van der Waals surface area contributed by atoms with Gasteiger partial charge < -0.3 is 10.4 Å². The molecule has 1 aromatic rings. The van der Waals surface area contributed by atoms with Crippen LogP contribution in [0.5, 0.6) is 5.75 Å². The van der Waals surface area contributed by atoms with Gasteiger partial charge in [-0.2, -0.15) is 0 Å². The molecule has 0 heterocycles. The summed E-state index contributed by atoms with van der Waals surface area (Å²) in [5, 5.41) is 12.2. The summed E-state index contributed by atoms with van der Waals surface area (Å²) < 4.78 is 0. The van der Waals surface area contributed by atoms with Gasteiger partial charge in [-0.15, -0.1) is 0 Å². The predicted octanol–water partition coefficient (Wildman–Crippen LogP) is 3.68. The summed E-state index contributed by atoms with van der Waals surface area (Å²) in [5.41, 5.74) is -0.0377. The van der Waals surface area contributed by atoms with E-state index in [1.807, 2.05) is 0 Å². The molecule has 0 spiro atoms. The van der Waals surface area contributed by atoms with Crippen LogP contribution < -0.4 is 5.32 Å². The van der Waals surface area contributed by atoms with Crippen molar-refractivity contribution in [3.05, 3.63) is 22.2 Å². The molecular formula is C11H13Cl2NO2. The zero-order valence-corrected chi connectivity index (χ0v) is 10.8. The molecule has 0 saturated heterocycles. The molecule has 0 fully saturated rings. The lowest BCUT2D eigenvalue weighted by molar-refractivity contribution is -0.123. The fourth-order valence-corrected chi connectivity index (χ4v) is 1.44. The lowest BCUT2D eigenvalue weighted by Crippen LogP contribution is -2.27. The van der Waals surface area contributed by atoms with E-state index in [0.29, 0.717) is 5.69 Å². The maximum Gasteiger partial charge on any atom is 0.229 e. The molecule has 0 bridgehead atoms. The van der Waals surface area contributed by atoms with Crippen LogP contribution in [0.3, 0.4) is 0 Å². The SMILES string of the molecule is CC(C)(C)C(=O)Nc1cc(Cl)c(O)c(Cl)c1. The lowest BCUT2D eigenvalue weighted by Gasteiger charge is -2.18. The van der Waals surface area contributed by atoms with Crippen molar-refractivity contribution in [3.63, 3.8) is 0 Å². The van der Waals surface area contributed by atoms with E-state index in [9.17, 15) is 9.90 Å². The second kappa shape index (κ2) is 4.52. The molecule has 0 aromatic heterocycles. The molecule has 16 heavy (non-hydrogen) atoms. The van der Waals surface area contributed by atoms with Crippen LogP contribution in [0.2, 0.25) is 10.0 Å². The molecule has 5 heteroatoms. The second-order valence-corrected chi connectivity index (χ2v) is 5.31. The number of nitrogens with one attached hydrogen (secondary N) is 1. The summed E-state index contributed by atoms with van der Waals surface area (Å²) in [4.78, 5) is 11.7. The van der Waals surface area contributed by atoms with Gasteiger partial charge in [0.05, 0.1) is 10.0 Å². The summed E-state index contributed by atoms with van der Waals surface area (Å²) in [6.07, 6.45) is 0. The molecule has 1 amide bonds. The van der Waals surface area contributed by atoms with Crippen molar-refractivity contribution in [3.8, 4) is 5.75 Å². The maximum absolute atomic E-state index is 11.7.